The zero-order chi connectivity index (χ0) is 16.7. The molecule has 0 saturated heterocycles. The van der Waals surface area contributed by atoms with E-state index in [1.165, 1.54) is 7.11 Å². The number of methoxy groups -OCH3 is 1. The first-order valence-electron chi connectivity index (χ1n) is 7.23. The van der Waals surface area contributed by atoms with Crippen LogP contribution in [0.15, 0.2) is 34.9 Å². The van der Waals surface area contributed by atoms with Crippen molar-refractivity contribution in [1.82, 2.24) is 10.3 Å². The minimum atomic E-state index is -0.711. The third-order valence-electron chi connectivity index (χ3n) is 3.15. The molecule has 0 aliphatic rings. The average Bonchev–Trinajstić information content (AvgIpc) is 3.00. The van der Waals surface area contributed by atoms with Crippen LogP contribution in [0.2, 0.25) is 5.02 Å². The Morgan fingerprint density at radius 2 is 2.26 bits per heavy atom. The van der Waals surface area contributed by atoms with Crippen molar-refractivity contribution in [1.29, 1.82) is 0 Å². The largest absolute Gasteiger partial charge is 0.441 e. The second-order valence-electron chi connectivity index (χ2n) is 5.01. The predicted octanol–water partition coefficient (Wildman–Crippen LogP) is 2.05. The van der Waals surface area contributed by atoms with Gasteiger partial charge in [0.15, 0.2) is 11.7 Å². The molecule has 1 aromatic heterocycles. The Labute approximate surface area is 139 Å². The average molecular weight is 339 g/mol. The summed E-state index contributed by atoms with van der Waals surface area (Å²) in [5.74, 6) is 0.853. The van der Waals surface area contributed by atoms with E-state index in [0.717, 1.165) is 5.56 Å². The summed E-state index contributed by atoms with van der Waals surface area (Å²) >= 11 is 6.11. The van der Waals surface area contributed by atoms with Crippen LogP contribution in [-0.2, 0) is 16.0 Å². The van der Waals surface area contributed by atoms with Crippen LogP contribution in [0.5, 0.6) is 0 Å². The SMILES string of the molecule is COCC(O)CNC(=O)CCc1ncc(-c2ccccc2Cl)o1. The van der Waals surface area contributed by atoms with E-state index < -0.39 is 6.10 Å². The number of aliphatic hydroxyl groups excluding tert-OH is 1. The monoisotopic (exact) mass is 338 g/mol. The number of benzene rings is 1. The zero-order valence-corrected chi connectivity index (χ0v) is 13.5. The standard InChI is InChI=1S/C16H19ClN2O4/c1-22-10-11(20)8-18-15(21)6-7-16-19-9-14(23-16)12-4-2-3-5-13(12)17/h2-5,9,11,20H,6-8,10H2,1H3,(H,18,21). The molecule has 124 valence electrons. The maximum absolute atomic E-state index is 11.7. The van der Waals surface area contributed by atoms with Crippen LogP contribution >= 0.6 is 11.6 Å². The maximum Gasteiger partial charge on any atom is 0.220 e. The van der Waals surface area contributed by atoms with Gasteiger partial charge in [0, 0.05) is 32.1 Å². The summed E-state index contributed by atoms with van der Waals surface area (Å²) < 4.78 is 10.4. The topological polar surface area (TPSA) is 84.6 Å². The smallest absolute Gasteiger partial charge is 0.220 e. The molecule has 0 bridgehead atoms. The first kappa shape index (κ1) is 17.5. The number of nitrogens with one attached hydrogen (secondary N) is 1. The Morgan fingerprint density at radius 3 is 3.00 bits per heavy atom. The van der Waals surface area contributed by atoms with Gasteiger partial charge in [-0.05, 0) is 12.1 Å². The molecule has 0 spiro atoms. The van der Waals surface area contributed by atoms with Gasteiger partial charge < -0.3 is 19.6 Å². The van der Waals surface area contributed by atoms with Gasteiger partial charge >= 0.3 is 0 Å². The molecular weight excluding hydrogens is 320 g/mol. The molecule has 0 fully saturated rings. The van der Waals surface area contributed by atoms with Crippen LogP contribution < -0.4 is 5.32 Å². The minimum absolute atomic E-state index is 0.156. The summed E-state index contributed by atoms with van der Waals surface area (Å²) in [6, 6.07) is 7.32. The number of hydrogen-bond donors (Lipinski definition) is 2. The Kier molecular flexibility index (Phi) is 6.58. The predicted molar refractivity (Wildman–Crippen MR) is 86.2 cm³/mol. The lowest BCUT2D eigenvalue weighted by molar-refractivity contribution is -0.121. The summed E-state index contributed by atoms with van der Waals surface area (Å²) in [4.78, 5) is 15.9. The van der Waals surface area contributed by atoms with E-state index in [-0.39, 0.29) is 25.5 Å². The molecule has 1 aromatic carbocycles. The fourth-order valence-electron chi connectivity index (χ4n) is 2.00. The second-order valence-corrected chi connectivity index (χ2v) is 5.42. The molecule has 23 heavy (non-hydrogen) atoms. The van der Waals surface area contributed by atoms with Crippen molar-refractivity contribution >= 4 is 17.5 Å². The van der Waals surface area contributed by atoms with Crippen LogP contribution in [0.25, 0.3) is 11.3 Å². The van der Waals surface area contributed by atoms with Crippen LogP contribution in [0.1, 0.15) is 12.3 Å². The van der Waals surface area contributed by atoms with Crippen LogP contribution in [-0.4, -0.2) is 42.4 Å². The number of aromatic nitrogens is 1. The van der Waals surface area contributed by atoms with Crippen molar-refractivity contribution in [3.63, 3.8) is 0 Å². The van der Waals surface area contributed by atoms with Gasteiger partial charge in [-0.1, -0.05) is 23.7 Å². The number of oxazole rings is 1. The van der Waals surface area contributed by atoms with Gasteiger partial charge in [-0.2, -0.15) is 0 Å². The third-order valence-corrected chi connectivity index (χ3v) is 3.48. The highest BCUT2D eigenvalue weighted by Crippen LogP contribution is 2.28. The van der Waals surface area contributed by atoms with Crippen molar-refractivity contribution in [2.24, 2.45) is 0 Å². The van der Waals surface area contributed by atoms with Crippen molar-refractivity contribution in [2.75, 3.05) is 20.3 Å². The van der Waals surface area contributed by atoms with Crippen LogP contribution in [0.4, 0.5) is 0 Å². The molecule has 1 amide bonds. The fourth-order valence-corrected chi connectivity index (χ4v) is 2.23. The van der Waals surface area contributed by atoms with Gasteiger partial charge in [0.2, 0.25) is 5.91 Å². The quantitative estimate of drug-likeness (QED) is 0.769. The number of aryl methyl sites for hydroxylation is 1. The summed E-state index contributed by atoms with van der Waals surface area (Å²) in [7, 11) is 1.49. The van der Waals surface area contributed by atoms with Crippen LogP contribution in [0.3, 0.4) is 0 Å². The first-order valence-corrected chi connectivity index (χ1v) is 7.61. The lowest BCUT2D eigenvalue weighted by Gasteiger charge is -2.10. The normalized spacial score (nSPS) is 12.1. The van der Waals surface area contributed by atoms with Gasteiger partial charge in [0.05, 0.1) is 23.9 Å². The van der Waals surface area contributed by atoms with Gasteiger partial charge in [0.25, 0.3) is 0 Å². The molecule has 7 heteroatoms. The lowest BCUT2D eigenvalue weighted by atomic mass is 10.2. The highest BCUT2D eigenvalue weighted by molar-refractivity contribution is 6.33. The Hall–Kier alpha value is -1.89. The maximum atomic E-state index is 11.7. The number of carbonyl (C=O) groups excluding carboxylic acids is 1. The van der Waals surface area contributed by atoms with Crippen molar-refractivity contribution in [3.05, 3.63) is 41.4 Å². The highest BCUT2D eigenvalue weighted by Gasteiger charge is 2.12. The van der Waals surface area contributed by atoms with E-state index in [1.54, 1.807) is 12.3 Å². The minimum Gasteiger partial charge on any atom is -0.441 e. The molecule has 1 unspecified atom stereocenters. The number of amides is 1. The molecule has 1 atom stereocenters. The molecule has 0 aliphatic carbocycles. The van der Waals surface area contributed by atoms with E-state index in [9.17, 15) is 9.90 Å². The molecule has 0 aliphatic heterocycles. The second kappa shape index (κ2) is 8.67. The number of carbonyl (C=O) groups is 1. The van der Waals surface area contributed by atoms with E-state index in [0.29, 0.717) is 23.1 Å². The molecule has 2 rings (SSSR count). The number of halogens is 1. The molecular formula is C16H19ClN2O4. The molecule has 2 N–H and O–H groups in total. The highest BCUT2D eigenvalue weighted by atomic mass is 35.5. The van der Waals surface area contributed by atoms with Crippen LogP contribution in [0, 0.1) is 0 Å². The summed E-state index contributed by atoms with van der Waals surface area (Å²) in [6.45, 7) is 0.338. The first-order chi connectivity index (χ1) is 11.1. The Bertz CT molecular complexity index is 645. The number of hydrogen-bond acceptors (Lipinski definition) is 5. The molecule has 0 saturated carbocycles. The van der Waals surface area contributed by atoms with E-state index in [4.69, 9.17) is 20.8 Å². The van der Waals surface area contributed by atoms with Crippen molar-refractivity contribution in [3.8, 4) is 11.3 Å². The van der Waals surface area contributed by atoms with E-state index in [2.05, 4.69) is 10.3 Å². The van der Waals surface area contributed by atoms with E-state index >= 15 is 0 Å². The zero-order valence-electron chi connectivity index (χ0n) is 12.8. The Morgan fingerprint density at radius 1 is 1.48 bits per heavy atom. The Balaban J connectivity index is 1.83. The molecule has 0 radical (unpaired) electrons. The number of aliphatic hydroxyl groups is 1. The third kappa shape index (κ3) is 5.35. The van der Waals surface area contributed by atoms with Gasteiger partial charge in [-0.15, -0.1) is 0 Å². The number of rotatable bonds is 8. The molecule has 6 nitrogen and oxygen atoms in total. The molecule has 2 aromatic rings. The summed E-state index contributed by atoms with van der Waals surface area (Å²) in [5, 5.41) is 12.7. The molecule has 1 heterocycles. The van der Waals surface area contributed by atoms with Gasteiger partial charge in [0.1, 0.15) is 0 Å². The van der Waals surface area contributed by atoms with Crippen molar-refractivity contribution < 1.29 is 19.1 Å². The van der Waals surface area contributed by atoms with E-state index in [1.807, 2.05) is 18.2 Å². The van der Waals surface area contributed by atoms with Gasteiger partial charge in [-0.25, -0.2) is 4.98 Å². The summed E-state index contributed by atoms with van der Waals surface area (Å²) in [6.07, 6.45) is 1.48. The number of ether oxygens (including phenoxy) is 1. The number of nitrogens with zero attached hydrogens (tertiary/aromatic N) is 1. The summed E-state index contributed by atoms with van der Waals surface area (Å²) in [5.41, 5.74) is 0.764. The lowest BCUT2D eigenvalue weighted by Crippen LogP contribution is -2.34. The van der Waals surface area contributed by atoms with Crippen molar-refractivity contribution in [2.45, 2.75) is 18.9 Å². The van der Waals surface area contributed by atoms with Gasteiger partial charge in [-0.3, -0.25) is 4.79 Å². The fraction of sp³-hybridized carbons (Fsp3) is 0.375.